The van der Waals surface area contributed by atoms with Crippen LogP contribution in [0.15, 0.2) is 28.7 Å². The van der Waals surface area contributed by atoms with Gasteiger partial charge in [0.05, 0.1) is 6.07 Å². The lowest BCUT2D eigenvalue weighted by atomic mass is 10.0. The molecule has 0 aliphatic rings. The van der Waals surface area contributed by atoms with Crippen LogP contribution in [-0.4, -0.2) is 17.9 Å². The minimum Gasteiger partial charge on any atom is -0.368 e. The van der Waals surface area contributed by atoms with Gasteiger partial charge >= 0.3 is 0 Å². The Morgan fingerprint density at radius 3 is 2.74 bits per heavy atom. The molecule has 1 aromatic carbocycles. The van der Waals surface area contributed by atoms with Crippen LogP contribution in [0.3, 0.4) is 0 Å². The number of carbonyl (C=O) groups is 2. The van der Waals surface area contributed by atoms with E-state index in [9.17, 15) is 9.59 Å². The van der Waals surface area contributed by atoms with Crippen molar-refractivity contribution < 1.29 is 9.59 Å². The van der Waals surface area contributed by atoms with Gasteiger partial charge in [0.25, 0.3) is 5.91 Å². The van der Waals surface area contributed by atoms with E-state index in [0.717, 1.165) is 4.47 Å². The van der Waals surface area contributed by atoms with Gasteiger partial charge < -0.3 is 11.1 Å². The number of nitrogens with two attached hydrogens (primary N) is 1. The first kappa shape index (κ1) is 15.2. The molecule has 0 aliphatic heterocycles. The zero-order chi connectivity index (χ0) is 14.4. The van der Waals surface area contributed by atoms with Gasteiger partial charge in [0.15, 0.2) is 0 Å². The zero-order valence-electron chi connectivity index (χ0n) is 10.4. The third-order valence-electron chi connectivity index (χ3n) is 2.55. The van der Waals surface area contributed by atoms with Gasteiger partial charge in [-0.15, -0.1) is 0 Å². The highest BCUT2D eigenvalue weighted by Gasteiger charge is 2.21. The highest BCUT2D eigenvalue weighted by Crippen LogP contribution is 2.12. The molecule has 5 nitrogen and oxygen atoms in total. The van der Waals surface area contributed by atoms with Crippen LogP contribution in [0.1, 0.15) is 23.7 Å². The van der Waals surface area contributed by atoms with E-state index in [4.69, 9.17) is 11.0 Å². The topological polar surface area (TPSA) is 96.0 Å². The van der Waals surface area contributed by atoms with Crippen molar-refractivity contribution >= 4 is 27.7 Å². The Balaban J connectivity index is 2.77. The molecule has 0 aromatic heterocycles. The molecule has 0 bridgehead atoms. The fourth-order valence-corrected chi connectivity index (χ4v) is 1.92. The molecule has 0 heterocycles. The van der Waals surface area contributed by atoms with Crippen molar-refractivity contribution in [3.63, 3.8) is 0 Å². The van der Waals surface area contributed by atoms with E-state index in [1.165, 1.54) is 0 Å². The molecule has 1 aromatic rings. The van der Waals surface area contributed by atoms with Crippen molar-refractivity contribution in [2.24, 2.45) is 11.7 Å². The number of hydrogen-bond acceptors (Lipinski definition) is 3. The quantitative estimate of drug-likeness (QED) is 0.861. The highest BCUT2D eigenvalue weighted by molar-refractivity contribution is 9.10. The molecule has 6 heteroatoms. The second-order valence-corrected chi connectivity index (χ2v) is 5.12. The lowest BCUT2D eigenvalue weighted by molar-refractivity contribution is -0.120. The lowest BCUT2D eigenvalue weighted by Crippen LogP contribution is -2.45. The Morgan fingerprint density at radius 2 is 2.21 bits per heavy atom. The van der Waals surface area contributed by atoms with Crippen LogP contribution in [0.2, 0.25) is 0 Å². The third kappa shape index (κ3) is 4.72. The number of nitriles is 1. The number of nitrogens with zero attached hydrogens (tertiary/aromatic N) is 1. The summed E-state index contributed by atoms with van der Waals surface area (Å²) in [6, 6.07) is 7.94. The van der Waals surface area contributed by atoms with Crippen LogP contribution in [0.5, 0.6) is 0 Å². The van der Waals surface area contributed by atoms with Gasteiger partial charge in [-0.25, -0.2) is 0 Å². The first-order chi connectivity index (χ1) is 8.93. The van der Waals surface area contributed by atoms with E-state index in [-0.39, 0.29) is 12.3 Å². The number of amides is 2. The molecule has 1 rings (SSSR count). The van der Waals surface area contributed by atoms with Crippen LogP contribution in [0.4, 0.5) is 0 Å². The number of carbonyl (C=O) groups excluding carboxylic acids is 2. The fraction of sp³-hybridized carbons (Fsp3) is 0.308. The Kier molecular flexibility index (Phi) is 5.52. The summed E-state index contributed by atoms with van der Waals surface area (Å²) in [5.74, 6) is -1.40. The van der Waals surface area contributed by atoms with Crippen LogP contribution in [-0.2, 0) is 4.79 Å². The maximum Gasteiger partial charge on any atom is 0.251 e. The van der Waals surface area contributed by atoms with E-state index in [0.29, 0.717) is 5.56 Å². The van der Waals surface area contributed by atoms with Gasteiger partial charge in [-0.3, -0.25) is 9.59 Å². The lowest BCUT2D eigenvalue weighted by Gasteiger charge is -2.16. The largest absolute Gasteiger partial charge is 0.368 e. The number of rotatable bonds is 5. The monoisotopic (exact) mass is 323 g/mol. The normalized spacial score (nSPS) is 13.1. The van der Waals surface area contributed by atoms with Crippen molar-refractivity contribution in [3.05, 3.63) is 34.3 Å². The Hall–Kier alpha value is -1.87. The van der Waals surface area contributed by atoms with Crippen LogP contribution < -0.4 is 11.1 Å². The van der Waals surface area contributed by atoms with Gasteiger partial charge in [-0.05, 0) is 31.5 Å². The molecule has 0 fully saturated rings. The average molecular weight is 324 g/mol. The molecular weight excluding hydrogens is 310 g/mol. The molecule has 0 saturated heterocycles. The average Bonchev–Trinajstić information content (AvgIpc) is 2.37. The van der Waals surface area contributed by atoms with Crippen LogP contribution in [0, 0.1) is 17.2 Å². The molecule has 2 amide bonds. The van der Waals surface area contributed by atoms with E-state index in [1.807, 2.05) is 6.07 Å². The summed E-state index contributed by atoms with van der Waals surface area (Å²) in [7, 11) is 0. The number of benzene rings is 1. The smallest absolute Gasteiger partial charge is 0.251 e. The predicted molar refractivity (Wildman–Crippen MR) is 74.0 cm³/mol. The van der Waals surface area contributed by atoms with Gasteiger partial charge in [-0.2, -0.15) is 5.26 Å². The molecular formula is C13H14BrN3O2. The molecule has 0 aliphatic carbocycles. The fourth-order valence-electron chi connectivity index (χ4n) is 1.52. The van der Waals surface area contributed by atoms with E-state index >= 15 is 0 Å². The second kappa shape index (κ2) is 6.90. The Morgan fingerprint density at radius 1 is 1.53 bits per heavy atom. The second-order valence-electron chi connectivity index (χ2n) is 4.20. The van der Waals surface area contributed by atoms with E-state index < -0.39 is 17.9 Å². The highest BCUT2D eigenvalue weighted by atomic mass is 79.9. The molecule has 100 valence electrons. The van der Waals surface area contributed by atoms with E-state index in [2.05, 4.69) is 21.2 Å². The van der Waals surface area contributed by atoms with Crippen molar-refractivity contribution in [3.8, 4) is 6.07 Å². The van der Waals surface area contributed by atoms with E-state index in [1.54, 1.807) is 31.2 Å². The SMILES string of the molecule is C[C@H](C#N)C[C@H](NC(=O)c1cccc(Br)c1)C(N)=O. The van der Waals surface area contributed by atoms with Gasteiger partial charge in [-0.1, -0.05) is 22.0 Å². The Labute approximate surface area is 119 Å². The van der Waals surface area contributed by atoms with Crippen molar-refractivity contribution in [2.45, 2.75) is 19.4 Å². The molecule has 0 unspecified atom stereocenters. The van der Waals surface area contributed by atoms with Crippen molar-refractivity contribution in [1.29, 1.82) is 5.26 Å². The van der Waals surface area contributed by atoms with Crippen molar-refractivity contribution in [1.82, 2.24) is 5.32 Å². The van der Waals surface area contributed by atoms with Crippen LogP contribution in [0.25, 0.3) is 0 Å². The molecule has 0 spiro atoms. The summed E-state index contributed by atoms with van der Waals surface area (Å²) in [5.41, 5.74) is 5.65. The van der Waals surface area contributed by atoms with Crippen LogP contribution >= 0.6 is 15.9 Å². The number of primary amides is 1. The molecule has 0 radical (unpaired) electrons. The Bertz CT molecular complexity index is 525. The minimum absolute atomic E-state index is 0.200. The molecule has 0 saturated carbocycles. The summed E-state index contributed by atoms with van der Waals surface area (Å²) < 4.78 is 0.765. The summed E-state index contributed by atoms with van der Waals surface area (Å²) in [5, 5.41) is 11.3. The van der Waals surface area contributed by atoms with Gasteiger partial charge in [0.2, 0.25) is 5.91 Å². The summed E-state index contributed by atoms with van der Waals surface area (Å²) in [6.45, 7) is 1.67. The summed E-state index contributed by atoms with van der Waals surface area (Å²) in [4.78, 5) is 23.2. The molecule has 2 atom stereocenters. The first-order valence-corrected chi connectivity index (χ1v) is 6.48. The zero-order valence-corrected chi connectivity index (χ0v) is 12.0. The van der Waals surface area contributed by atoms with Gasteiger partial charge in [0.1, 0.15) is 6.04 Å². The predicted octanol–water partition coefficient (Wildman–Crippen LogP) is 1.58. The molecule has 19 heavy (non-hydrogen) atoms. The third-order valence-corrected chi connectivity index (χ3v) is 3.04. The standard InChI is InChI=1S/C13H14BrN3O2/c1-8(7-15)5-11(12(16)18)17-13(19)9-3-2-4-10(14)6-9/h2-4,6,8,11H,5H2,1H3,(H2,16,18)(H,17,19)/t8-,11-/m0/s1. The number of halogens is 1. The maximum absolute atomic E-state index is 12.0. The first-order valence-electron chi connectivity index (χ1n) is 5.69. The van der Waals surface area contributed by atoms with Crippen molar-refractivity contribution in [2.75, 3.05) is 0 Å². The maximum atomic E-state index is 12.0. The minimum atomic E-state index is -0.846. The molecule has 3 N–H and O–H groups in total. The van der Waals surface area contributed by atoms with Gasteiger partial charge in [0, 0.05) is 16.0 Å². The number of nitrogens with one attached hydrogen (secondary N) is 1. The summed E-state index contributed by atoms with van der Waals surface area (Å²) in [6.07, 6.45) is 0.200. The number of hydrogen-bond donors (Lipinski definition) is 2. The summed E-state index contributed by atoms with van der Waals surface area (Å²) >= 11 is 3.26.